The van der Waals surface area contributed by atoms with E-state index in [1.807, 2.05) is 20.8 Å². The first-order valence-corrected chi connectivity index (χ1v) is 4.06. The highest BCUT2D eigenvalue weighted by Crippen LogP contribution is 2.10. The largest absolute Gasteiger partial charge is 0.345 e. The highest BCUT2D eigenvalue weighted by Gasteiger charge is 2.28. The molecule has 0 aromatic heterocycles. The van der Waals surface area contributed by atoms with E-state index in [0.29, 0.717) is 0 Å². The maximum absolute atomic E-state index is 11.0. The fraction of sp³-hybridized carbons (Fsp3) is 0.625. The van der Waals surface area contributed by atoms with E-state index in [4.69, 9.17) is 0 Å². The number of carbonyl (C=O) groups excluding carboxylic acids is 2. The van der Waals surface area contributed by atoms with E-state index < -0.39 is 6.03 Å². The molecule has 5 nitrogen and oxygen atoms in total. The Hall–Kier alpha value is -1.39. The smallest absolute Gasteiger partial charge is 0.327 e. The van der Waals surface area contributed by atoms with Crippen LogP contribution in [0.3, 0.4) is 0 Å². The number of urea groups is 1. The van der Waals surface area contributed by atoms with Gasteiger partial charge in [0.2, 0.25) is 0 Å². The van der Waals surface area contributed by atoms with Crippen LogP contribution in [-0.2, 0) is 4.79 Å². The predicted molar refractivity (Wildman–Crippen MR) is 48.2 cm³/mol. The van der Waals surface area contributed by atoms with Crippen molar-refractivity contribution < 1.29 is 9.59 Å². The molecule has 0 bridgehead atoms. The molecule has 1 aliphatic heterocycles. The van der Waals surface area contributed by atoms with Crippen LogP contribution < -0.4 is 5.32 Å². The third kappa shape index (κ3) is 2.54. The van der Waals surface area contributed by atoms with Gasteiger partial charge in [-0.15, -0.1) is 5.01 Å². The lowest BCUT2D eigenvalue weighted by Gasteiger charge is -2.11. The predicted octanol–water partition coefficient (Wildman–Crippen LogP) is 0.570. The lowest BCUT2D eigenvalue weighted by atomic mass is 9.99. The zero-order chi connectivity index (χ0) is 10.1. The van der Waals surface area contributed by atoms with Gasteiger partial charge in [0.15, 0.2) is 0 Å². The monoisotopic (exact) mass is 183 g/mol. The summed E-state index contributed by atoms with van der Waals surface area (Å²) in [6.45, 7) is 5.86. The zero-order valence-corrected chi connectivity index (χ0v) is 8.00. The van der Waals surface area contributed by atoms with E-state index in [2.05, 4.69) is 10.4 Å². The Labute approximate surface area is 76.8 Å². The van der Waals surface area contributed by atoms with Crippen molar-refractivity contribution >= 4 is 18.2 Å². The summed E-state index contributed by atoms with van der Waals surface area (Å²) in [5.74, 6) is -0.314. The van der Waals surface area contributed by atoms with Gasteiger partial charge >= 0.3 is 6.03 Å². The van der Waals surface area contributed by atoms with Crippen LogP contribution in [0.25, 0.3) is 0 Å². The molecule has 5 heteroatoms. The van der Waals surface area contributed by atoms with Crippen LogP contribution in [0.2, 0.25) is 0 Å². The van der Waals surface area contributed by atoms with Crippen LogP contribution in [0.15, 0.2) is 5.10 Å². The third-order valence-corrected chi connectivity index (χ3v) is 1.38. The lowest BCUT2D eigenvalue weighted by molar-refractivity contribution is -0.124. The number of nitrogens with zero attached hydrogens (tertiary/aromatic N) is 2. The molecule has 3 amide bonds. The summed E-state index contributed by atoms with van der Waals surface area (Å²) in [5.41, 5.74) is -0.136. The molecule has 0 saturated carbocycles. The molecular weight excluding hydrogens is 170 g/mol. The minimum absolute atomic E-state index is 0.0420. The van der Waals surface area contributed by atoms with Gasteiger partial charge in [0, 0.05) is 6.21 Å². The van der Waals surface area contributed by atoms with Crippen LogP contribution in [0, 0.1) is 5.41 Å². The first-order chi connectivity index (χ1) is 5.90. The standard InChI is InChI=1S/C8H13N3O2/c1-8(2,3)5-10-11-6(12)4-9-7(11)13/h5H,4H2,1-3H3,(H,9,13)/b10-5+. The van der Waals surface area contributed by atoms with Crippen molar-refractivity contribution in [1.82, 2.24) is 10.3 Å². The number of imide groups is 1. The molecule has 0 radical (unpaired) electrons. The fourth-order valence-corrected chi connectivity index (χ4v) is 0.762. The first kappa shape index (κ1) is 9.70. The SMILES string of the molecule is CC(C)(C)/C=N/N1C(=O)CNC1=O. The molecule has 1 saturated heterocycles. The molecule has 1 fully saturated rings. The number of nitrogens with one attached hydrogen (secondary N) is 1. The van der Waals surface area contributed by atoms with E-state index in [0.717, 1.165) is 5.01 Å². The van der Waals surface area contributed by atoms with Crippen LogP contribution in [-0.4, -0.2) is 29.7 Å². The van der Waals surface area contributed by atoms with E-state index in [9.17, 15) is 9.59 Å². The number of rotatable bonds is 1. The van der Waals surface area contributed by atoms with Crippen molar-refractivity contribution in [3.8, 4) is 0 Å². The van der Waals surface area contributed by atoms with Crippen LogP contribution >= 0.6 is 0 Å². The molecule has 1 rings (SSSR count). The minimum atomic E-state index is -0.453. The molecule has 1 heterocycles. The first-order valence-electron chi connectivity index (χ1n) is 4.06. The van der Waals surface area contributed by atoms with E-state index >= 15 is 0 Å². The Morgan fingerprint density at radius 1 is 1.46 bits per heavy atom. The Balaban J connectivity index is 2.68. The molecule has 1 N–H and O–H groups in total. The maximum Gasteiger partial charge on any atom is 0.345 e. The summed E-state index contributed by atoms with van der Waals surface area (Å²) >= 11 is 0. The van der Waals surface area contributed by atoms with Gasteiger partial charge in [-0.25, -0.2) is 4.79 Å². The summed E-state index contributed by atoms with van der Waals surface area (Å²) in [4.78, 5) is 22.0. The van der Waals surface area contributed by atoms with E-state index in [-0.39, 0.29) is 17.9 Å². The number of amides is 3. The molecule has 72 valence electrons. The highest BCUT2D eigenvalue weighted by atomic mass is 16.2. The maximum atomic E-state index is 11.0. The van der Waals surface area contributed by atoms with E-state index in [1.54, 1.807) is 6.21 Å². The number of carbonyl (C=O) groups is 2. The summed E-state index contributed by atoms with van der Waals surface area (Å²) < 4.78 is 0. The van der Waals surface area contributed by atoms with Crippen LogP contribution in [0.1, 0.15) is 20.8 Å². The Kier molecular flexibility index (Phi) is 2.36. The molecule has 0 aromatic rings. The van der Waals surface area contributed by atoms with Gasteiger partial charge in [-0.3, -0.25) is 4.79 Å². The molecule has 0 aliphatic carbocycles. The van der Waals surface area contributed by atoms with Gasteiger partial charge < -0.3 is 5.32 Å². The topological polar surface area (TPSA) is 61.8 Å². The Morgan fingerprint density at radius 2 is 2.08 bits per heavy atom. The van der Waals surface area contributed by atoms with Crippen molar-refractivity contribution in [3.63, 3.8) is 0 Å². The lowest BCUT2D eigenvalue weighted by Crippen LogP contribution is -2.26. The zero-order valence-electron chi connectivity index (χ0n) is 8.00. The second kappa shape index (κ2) is 3.16. The average Bonchev–Trinajstić information content (AvgIpc) is 2.27. The molecule has 0 spiro atoms. The van der Waals surface area contributed by atoms with Gasteiger partial charge in [0.1, 0.15) is 6.54 Å². The number of hydrazone groups is 1. The quantitative estimate of drug-likeness (QED) is 0.477. The van der Waals surface area contributed by atoms with Crippen molar-refractivity contribution in [2.24, 2.45) is 10.5 Å². The van der Waals surface area contributed by atoms with Gasteiger partial charge in [0.05, 0.1) is 0 Å². The highest BCUT2D eigenvalue weighted by molar-refractivity contribution is 6.02. The molecule has 0 unspecified atom stereocenters. The van der Waals surface area contributed by atoms with Gasteiger partial charge in [0.25, 0.3) is 5.91 Å². The second-order valence-corrected chi connectivity index (χ2v) is 3.97. The second-order valence-electron chi connectivity index (χ2n) is 3.97. The van der Waals surface area contributed by atoms with Crippen LogP contribution in [0.5, 0.6) is 0 Å². The van der Waals surface area contributed by atoms with E-state index in [1.165, 1.54) is 0 Å². The molecule has 1 aliphatic rings. The van der Waals surface area contributed by atoms with Gasteiger partial charge in [-0.05, 0) is 5.41 Å². The number of hydrogen-bond donors (Lipinski definition) is 1. The Morgan fingerprint density at radius 3 is 2.46 bits per heavy atom. The Bertz CT molecular complexity index is 249. The summed E-state index contributed by atoms with van der Waals surface area (Å²) in [7, 11) is 0. The average molecular weight is 183 g/mol. The minimum Gasteiger partial charge on any atom is -0.327 e. The number of hydrogen-bond acceptors (Lipinski definition) is 3. The van der Waals surface area contributed by atoms with Crippen molar-refractivity contribution in [3.05, 3.63) is 0 Å². The third-order valence-electron chi connectivity index (χ3n) is 1.38. The van der Waals surface area contributed by atoms with Crippen molar-refractivity contribution in [2.75, 3.05) is 6.54 Å². The fourth-order valence-electron chi connectivity index (χ4n) is 0.762. The van der Waals surface area contributed by atoms with Gasteiger partial charge in [-0.2, -0.15) is 5.10 Å². The summed E-state index contributed by atoms with van der Waals surface area (Å²) in [6, 6.07) is -0.453. The molecular formula is C8H13N3O2. The summed E-state index contributed by atoms with van der Waals surface area (Å²) in [6.07, 6.45) is 1.58. The molecule has 13 heavy (non-hydrogen) atoms. The normalized spacial score (nSPS) is 18.5. The van der Waals surface area contributed by atoms with Crippen molar-refractivity contribution in [1.29, 1.82) is 0 Å². The van der Waals surface area contributed by atoms with Gasteiger partial charge in [-0.1, -0.05) is 20.8 Å². The van der Waals surface area contributed by atoms with Crippen molar-refractivity contribution in [2.45, 2.75) is 20.8 Å². The summed E-state index contributed by atoms with van der Waals surface area (Å²) in [5, 5.41) is 7.03. The molecule has 0 atom stereocenters. The van der Waals surface area contributed by atoms with Crippen LogP contribution in [0.4, 0.5) is 4.79 Å². The molecule has 0 aromatic carbocycles.